The summed E-state index contributed by atoms with van der Waals surface area (Å²) < 4.78 is 95.4. The fraction of sp³-hybridized carbons (Fsp3) is 0.294. The Balaban J connectivity index is 2.54. The van der Waals surface area contributed by atoms with Crippen LogP contribution in [0.15, 0.2) is 40.1 Å². The Morgan fingerprint density at radius 2 is 1.43 bits per heavy atom. The first kappa shape index (κ1) is 22.2. The summed E-state index contributed by atoms with van der Waals surface area (Å²) in [6, 6.07) is 3.79. The van der Waals surface area contributed by atoms with Gasteiger partial charge in [-0.25, -0.2) is 34.7 Å². The largest absolute Gasteiger partial charge is 0.277 e. The molecule has 2 aromatic rings. The van der Waals surface area contributed by atoms with Gasteiger partial charge in [0, 0.05) is 11.6 Å². The third-order valence-corrected chi connectivity index (χ3v) is 6.72. The van der Waals surface area contributed by atoms with Crippen molar-refractivity contribution in [1.29, 1.82) is 0 Å². The van der Waals surface area contributed by atoms with Gasteiger partial charge in [0.05, 0.1) is 10.6 Å². The zero-order chi connectivity index (χ0) is 21.5. The lowest BCUT2D eigenvalue weighted by Crippen LogP contribution is -2.40. The molecule has 0 radical (unpaired) electrons. The van der Waals surface area contributed by atoms with Crippen LogP contribution in [-0.2, 0) is 20.0 Å². The Kier molecular flexibility index (Phi) is 5.84. The van der Waals surface area contributed by atoms with Crippen LogP contribution in [0.1, 0.15) is 26.3 Å². The van der Waals surface area contributed by atoms with Crippen LogP contribution in [0, 0.1) is 24.4 Å². The molecule has 2 rings (SSSR count). The minimum Gasteiger partial charge on any atom is -0.277 e. The van der Waals surface area contributed by atoms with E-state index in [4.69, 9.17) is 0 Å². The first-order chi connectivity index (χ1) is 12.6. The van der Waals surface area contributed by atoms with Gasteiger partial charge in [0.15, 0.2) is 0 Å². The summed E-state index contributed by atoms with van der Waals surface area (Å²) in [4.78, 5) is -1.40. The van der Waals surface area contributed by atoms with E-state index in [0.717, 1.165) is 12.1 Å². The molecule has 0 aliphatic heterocycles. The summed E-state index contributed by atoms with van der Waals surface area (Å²) in [5, 5.41) is 0. The molecule has 0 unspecified atom stereocenters. The number of hydrogen-bond donors (Lipinski definition) is 2. The molecule has 2 aromatic carbocycles. The number of sulfonamides is 2. The van der Waals surface area contributed by atoms with Gasteiger partial charge in [-0.15, -0.1) is 0 Å². The molecule has 2 N–H and O–H groups in total. The van der Waals surface area contributed by atoms with Gasteiger partial charge >= 0.3 is 0 Å². The number of anilines is 1. The molecule has 6 nitrogen and oxygen atoms in total. The molecule has 11 heteroatoms. The molecule has 0 heterocycles. The molecule has 28 heavy (non-hydrogen) atoms. The quantitative estimate of drug-likeness (QED) is 0.752. The van der Waals surface area contributed by atoms with E-state index >= 15 is 0 Å². The van der Waals surface area contributed by atoms with Crippen LogP contribution in [0.5, 0.6) is 0 Å². The van der Waals surface area contributed by atoms with Crippen molar-refractivity contribution in [3.63, 3.8) is 0 Å². The molecule has 0 amide bonds. The number of benzene rings is 2. The van der Waals surface area contributed by atoms with E-state index in [9.17, 15) is 30.0 Å². The van der Waals surface area contributed by atoms with Crippen molar-refractivity contribution in [3.8, 4) is 0 Å². The van der Waals surface area contributed by atoms with Crippen molar-refractivity contribution in [2.45, 2.75) is 43.0 Å². The van der Waals surface area contributed by atoms with Crippen molar-refractivity contribution in [1.82, 2.24) is 4.72 Å². The smallest absolute Gasteiger partial charge is 0.262 e. The maximum atomic E-state index is 14.1. The molecule has 0 aliphatic rings. The van der Waals surface area contributed by atoms with Gasteiger partial charge in [0.1, 0.15) is 22.3 Å². The first-order valence-electron chi connectivity index (χ1n) is 7.94. The lowest BCUT2D eigenvalue weighted by molar-refractivity contribution is 0.485. The second-order valence-electron chi connectivity index (χ2n) is 7.13. The van der Waals surface area contributed by atoms with E-state index in [1.54, 1.807) is 0 Å². The van der Waals surface area contributed by atoms with Crippen LogP contribution in [0.4, 0.5) is 18.9 Å². The Labute approximate surface area is 161 Å². The highest BCUT2D eigenvalue weighted by atomic mass is 32.2. The predicted octanol–water partition coefficient (Wildman–Crippen LogP) is 3.29. The minimum atomic E-state index is -4.47. The lowest BCUT2D eigenvalue weighted by Gasteiger charge is -2.21. The SMILES string of the molecule is Cc1ccc(F)cc1S(=O)(=O)Nc1cc(S(=O)(=O)NC(C)(C)C)c(F)cc1F. The zero-order valence-electron chi connectivity index (χ0n) is 15.5. The Hall–Kier alpha value is -2.11. The molecular formula is C17H19F3N2O4S2. The summed E-state index contributed by atoms with van der Waals surface area (Å²) in [6.45, 7) is 5.95. The van der Waals surface area contributed by atoms with Crippen LogP contribution in [0.25, 0.3) is 0 Å². The Morgan fingerprint density at radius 1 is 0.821 bits per heavy atom. The molecule has 0 spiro atoms. The second kappa shape index (κ2) is 7.37. The summed E-state index contributed by atoms with van der Waals surface area (Å²) in [5.74, 6) is -3.55. The molecule has 0 saturated heterocycles. The second-order valence-corrected chi connectivity index (χ2v) is 10.4. The van der Waals surface area contributed by atoms with Crippen LogP contribution in [0.3, 0.4) is 0 Å². The maximum absolute atomic E-state index is 14.1. The first-order valence-corrected chi connectivity index (χ1v) is 10.9. The van der Waals surface area contributed by atoms with Crippen molar-refractivity contribution in [2.24, 2.45) is 0 Å². The number of halogens is 3. The van der Waals surface area contributed by atoms with Gasteiger partial charge in [0.25, 0.3) is 10.0 Å². The molecule has 154 valence electrons. The summed E-state index contributed by atoms with van der Waals surface area (Å²) >= 11 is 0. The number of rotatable bonds is 5. The van der Waals surface area contributed by atoms with E-state index in [-0.39, 0.29) is 11.6 Å². The lowest BCUT2D eigenvalue weighted by atomic mass is 10.1. The van der Waals surface area contributed by atoms with E-state index in [1.165, 1.54) is 33.8 Å². The highest BCUT2D eigenvalue weighted by Gasteiger charge is 2.28. The van der Waals surface area contributed by atoms with Gasteiger partial charge in [0.2, 0.25) is 10.0 Å². The molecule has 0 fully saturated rings. The monoisotopic (exact) mass is 436 g/mol. The Morgan fingerprint density at radius 3 is 2.00 bits per heavy atom. The summed E-state index contributed by atoms with van der Waals surface area (Å²) in [7, 11) is -8.88. The molecule has 0 aromatic heterocycles. The highest BCUT2D eigenvalue weighted by molar-refractivity contribution is 7.92. The van der Waals surface area contributed by atoms with Crippen molar-refractivity contribution in [3.05, 3.63) is 53.3 Å². The molecule has 0 bridgehead atoms. The normalized spacial score (nSPS) is 12.8. The predicted molar refractivity (Wildman–Crippen MR) is 98.4 cm³/mol. The minimum absolute atomic E-state index is 0.179. The molecular weight excluding hydrogens is 417 g/mol. The van der Waals surface area contributed by atoms with E-state index in [1.807, 2.05) is 4.72 Å². The fourth-order valence-electron chi connectivity index (χ4n) is 2.33. The third-order valence-electron chi connectivity index (χ3n) is 3.44. The zero-order valence-corrected chi connectivity index (χ0v) is 17.1. The van der Waals surface area contributed by atoms with Gasteiger partial charge in [-0.3, -0.25) is 4.72 Å². The fourth-order valence-corrected chi connectivity index (χ4v) is 5.15. The molecule has 0 aliphatic carbocycles. The Bertz CT molecular complexity index is 1130. The van der Waals surface area contributed by atoms with E-state index in [2.05, 4.69) is 4.72 Å². The highest BCUT2D eigenvalue weighted by Crippen LogP contribution is 2.27. The average molecular weight is 436 g/mol. The summed E-state index contributed by atoms with van der Waals surface area (Å²) in [6.07, 6.45) is 0. The van der Waals surface area contributed by atoms with Crippen LogP contribution in [-0.4, -0.2) is 22.4 Å². The van der Waals surface area contributed by atoms with Crippen molar-refractivity contribution < 1.29 is 30.0 Å². The van der Waals surface area contributed by atoms with E-state index in [0.29, 0.717) is 6.07 Å². The molecule has 0 atom stereocenters. The van der Waals surface area contributed by atoms with Gasteiger partial charge in [-0.05, 0) is 51.5 Å². The molecule has 0 saturated carbocycles. The van der Waals surface area contributed by atoms with Crippen molar-refractivity contribution >= 4 is 25.7 Å². The van der Waals surface area contributed by atoms with Gasteiger partial charge in [-0.1, -0.05) is 6.07 Å². The van der Waals surface area contributed by atoms with Crippen LogP contribution >= 0.6 is 0 Å². The van der Waals surface area contributed by atoms with Crippen LogP contribution < -0.4 is 9.44 Å². The van der Waals surface area contributed by atoms with E-state index < -0.39 is 58.5 Å². The average Bonchev–Trinajstić information content (AvgIpc) is 2.49. The number of aryl methyl sites for hydroxylation is 1. The van der Waals surface area contributed by atoms with Crippen LogP contribution in [0.2, 0.25) is 0 Å². The van der Waals surface area contributed by atoms with Gasteiger partial charge < -0.3 is 0 Å². The topological polar surface area (TPSA) is 92.3 Å². The number of hydrogen-bond acceptors (Lipinski definition) is 4. The number of nitrogens with one attached hydrogen (secondary N) is 2. The summed E-state index contributed by atoms with van der Waals surface area (Å²) in [5.41, 5.74) is -1.57. The standard InChI is InChI=1S/C17H19F3N2O4S2/c1-10-5-6-11(18)7-15(10)27(23,24)21-14-9-16(13(20)8-12(14)19)28(25,26)22-17(2,3)4/h5-9,21-22H,1-4H3. The van der Waals surface area contributed by atoms with Gasteiger partial charge in [-0.2, -0.15) is 0 Å². The van der Waals surface area contributed by atoms with Crippen molar-refractivity contribution in [2.75, 3.05) is 4.72 Å². The maximum Gasteiger partial charge on any atom is 0.262 e. The third kappa shape index (κ3) is 5.03.